The number of methoxy groups -OCH3 is 1. The van der Waals surface area contributed by atoms with E-state index in [9.17, 15) is 19.7 Å². The molecule has 0 saturated carbocycles. The Bertz CT molecular complexity index is 1400. The molecule has 8 nitrogen and oxygen atoms in total. The third kappa shape index (κ3) is 3.71. The maximum absolute atomic E-state index is 13.4. The van der Waals surface area contributed by atoms with Crippen molar-refractivity contribution in [3.63, 3.8) is 0 Å². The number of aromatic nitrogens is 1. The van der Waals surface area contributed by atoms with Gasteiger partial charge in [0.1, 0.15) is 0 Å². The molecule has 0 unspecified atom stereocenters. The molecule has 0 bridgehead atoms. The first-order chi connectivity index (χ1) is 14.9. The van der Waals surface area contributed by atoms with E-state index < -0.39 is 16.9 Å². The number of ether oxygens (including phenoxy) is 1. The average molecular weight is 435 g/mol. The van der Waals surface area contributed by atoms with Crippen LogP contribution in [0.1, 0.15) is 24.1 Å². The van der Waals surface area contributed by atoms with Crippen LogP contribution in [0, 0.1) is 10.1 Å². The van der Waals surface area contributed by atoms with Gasteiger partial charge in [-0.05, 0) is 24.1 Å². The molecule has 2 aromatic carbocycles. The lowest BCUT2D eigenvalue weighted by molar-refractivity contribution is -0.384. The number of hydrogen-bond donors (Lipinski definition) is 0. The van der Waals surface area contributed by atoms with Crippen molar-refractivity contribution in [2.45, 2.75) is 13.0 Å². The number of non-ortho nitro benzene ring substituents is 1. The molecule has 0 saturated heterocycles. The molecule has 1 aliphatic heterocycles. The summed E-state index contributed by atoms with van der Waals surface area (Å²) in [6.07, 6.45) is 1.59. The minimum Gasteiger partial charge on any atom is -0.466 e. The normalized spacial score (nSPS) is 15.9. The van der Waals surface area contributed by atoms with Gasteiger partial charge in [0.15, 0.2) is 4.80 Å². The van der Waals surface area contributed by atoms with E-state index in [1.165, 1.54) is 35.1 Å². The van der Waals surface area contributed by atoms with Crippen LogP contribution in [0.3, 0.4) is 0 Å². The van der Waals surface area contributed by atoms with Gasteiger partial charge in [-0.2, -0.15) is 0 Å². The van der Waals surface area contributed by atoms with Crippen molar-refractivity contribution in [2.24, 2.45) is 4.99 Å². The van der Waals surface area contributed by atoms with Crippen molar-refractivity contribution in [1.29, 1.82) is 0 Å². The summed E-state index contributed by atoms with van der Waals surface area (Å²) in [5.74, 6) is -0.553. The van der Waals surface area contributed by atoms with Crippen LogP contribution in [0.5, 0.6) is 0 Å². The molecule has 1 atom stereocenters. The SMILES string of the molecule is COC(=O)C1=C(C)N=c2sc(=Cc3cccc([N+](=O)[O-])c3)c(=O)n2[C@@H]1c1ccccc1. The van der Waals surface area contributed by atoms with Crippen molar-refractivity contribution in [1.82, 2.24) is 4.57 Å². The van der Waals surface area contributed by atoms with Crippen LogP contribution in [0.25, 0.3) is 6.08 Å². The molecule has 0 amide bonds. The van der Waals surface area contributed by atoms with Crippen molar-refractivity contribution >= 4 is 29.1 Å². The van der Waals surface area contributed by atoms with Crippen LogP contribution in [0.2, 0.25) is 0 Å². The van der Waals surface area contributed by atoms with E-state index in [0.29, 0.717) is 26.2 Å². The number of esters is 1. The average Bonchev–Trinajstić information content (AvgIpc) is 3.07. The zero-order valence-electron chi connectivity index (χ0n) is 16.6. The number of thiazole rings is 1. The van der Waals surface area contributed by atoms with Gasteiger partial charge in [-0.15, -0.1) is 0 Å². The van der Waals surface area contributed by atoms with E-state index in [1.54, 1.807) is 25.1 Å². The molecule has 4 rings (SSSR count). The van der Waals surface area contributed by atoms with E-state index >= 15 is 0 Å². The van der Waals surface area contributed by atoms with E-state index in [1.807, 2.05) is 30.3 Å². The molecule has 1 aliphatic rings. The predicted octanol–water partition coefficient (Wildman–Crippen LogP) is 2.32. The molecular formula is C22H17N3O5S. The summed E-state index contributed by atoms with van der Waals surface area (Å²) in [5, 5.41) is 11.1. The highest BCUT2D eigenvalue weighted by Crippen LogP contribution is 2.30. The molecule has 0 fully saturated rings. The van der Waals surface area contributed by atoms with Gasteiger partial charge >= 0.3 is 5.97 Å². The van der Waals surface area contributed by atoms with Gasteiger partial charge in [-0.3, -0.25) is 19.5 Å². The summed E-state index contributed by atoms with van der Waals surface area (Å²) in [6, 6.07) is 14.5. The summed E-state index contributed by atoms with van der Waals surface area (Å²) in [6.45, 7) is 1.71. The number of rotatable bonds is 4. The summed E-state index contributed by atoms with van der Waals surface area (Å²) in [7, 11) is 1.29. The molecule has 31 heavy (non-hydrogen) atoms. The maximum Gasteiger partial charge on any atom is 0.338 e. The zero-order valence-corrected chi connectivity index (χ0v) is 17.5. The largest absolute Gasteiger partial charge is 0.466 e. The standard InChI is InChI=1S/C22H17N3O5S/c1-13-18(21(27)30-2)19(15-8-4-3-5-9-15)24-20(26)17(31-22(24)23-13)12-14-7-6-10-16(11-14)25(28)29/h3-12,19H,1-2H3/t19-/m1/s1. The highest BCUT2D eigenvalue weighted by molar-refractivity contribution is 7.07. The zero-order chi connectivity index (χ0) is 22.1. The number of benzene rings is 2. The van der Waals surface area contributed by atoms with Crippen molar-refractivity contribution in [3.05, 3.63) is 107 Å². The monoisotopic (exact) mass is 435 g/mol. The molecule has 9 heteroatoms. The topological polar surface area (TPSA) is 104 Å². The van der Waals surface area contributed by atoms with Gasteiger partial charge in [0.05, 0.1) is 33.9 Å². The number of nitro benzene ring substituents is 1. The van der Waals surface area contributed by atoms with E-state index in [0.717, 1.165) is 5.56 Å². The Morgan fingerprint density at radius 3 is 2.65 bits per heavy atom. The van der Waals surface area contributed by atoms with Crippen LogP contribution in [-0.4, -0.2) is 22.6 Å². The summed E-state index contributed by atoms with van der Waals surface area (Å²) < 4.78 is 6.80. The minimum atomic E-state index is -0.683. The Labute approximate surface area is 180 Å². The fourth-order valence-corrected chi connectivity index (χ4v) is 4.57. The maximum atomic E-state index is 13.4. The van der Waals surface area contributed by atoms with Gasteiger partial charge in [0.2, 0.25) is 0 Å². The number of carbonyl (C=O) groups excluding carboxylic acids is 1. The van der Waals surface area contributed by atoms with E-state index in [4.69, 9.17) is 4.74 Å². The molecule has 2 heterocycles. The molecule has 0 spiro atoms. The number of fused-ring (bicyclic) bond motifs is 1. The molecular weight excluding hydrogens is 418 g/mol. The second kappa shape index (κ2) is 8.11. The van der Waals surface area contributed by atoms with E-state index in [-0.39, 0.29) is 11.2 Å². The summed E-state index contributed by atoms with van der Waals surface area (Å²) in [4.78, 5) is 41.4. The first-order valence-electron chi connectivity index (χ1n) is 9.31. The number of nitro groups is 1. The van der Waals surface area contributed by atoms with Gasteiger partial charge < -0.3 is 4.74 Å². The van der Waals surface area contributed by atoms with Gasteiger partial charge in [-0.25, -0.2) is 9.79 Å². The van der Waals surface area contributed by atoms with Gasteiger partial charge in [0, 0.05) is 12.1 Å². The first kappa shape index (κ1) is 20.4. The van der Waals surface area contributed by atoms with Crippen LogP contribution in [-0.2, 0) is 9.53 Å². The van der Waals surface area contributed by atoms with Gasteiger partial charge in [-0.1, -0.05) is 53.8 Å². The molecule has 0 radical (unpaired) electrons. The number of hydrogen-bond acceptors (Lipinski definition) is 7. The lowest BCUT2D eigenvalue weighted by atomic mass is 9.96. The Hall–Kier alpha value is -3.85. The van der Waals surface area contributed by atoms with Crippen molar-refractivity contribution < 1.29 is 14.5 Å². The van der Waals surface area contributed by atoms with Crippen molar-refractivity contribution in [2.75, 3.05) is 7.11 Å². The van der Waals surface area contributed by atoms with Crippen LogP contribution in [0.4, 0.5) is 5.69 Å². The third-order valence-electron chi connectivity index (χ3n) is 4.92. The Kier molecular flexibility index (Phi) is 5.35. The quantitative estimate of drug-likeness (QED) is 0.355. The lowest BCUT2D eigenvalue weighted by Gasteiger charge is -2.24. The second-order valence-electron chi connectivity index (χ2n) is 6.84. The Morgan fingerprint density at radius 1 is 1.23 bits per heavy atom. The molecule has 0 N–H and O–H groups in total. The lowest BCUT2D eigenvalue weighted by Crippen LogP contribution is -2.39. The van der Waals surface area contributed by atoms with Crippen LogP contribution < -0.4 is 14.9 Å². The van der Waals surface area contributed by atoms with Crippen LogP contribution >= 0.6 is 11.3 Å². The number of nitrogens with zero attached hydrogens (tertiary/aromatic N) is 3. The van der Waals surface area contributed by atoms with Crippen molar-refractivity contribution in [3.8, 4) is 0 Å². The fourth-order valence-electron chi connectivity index (χ4n) is 3.52. The smallest absolute Gasteiger partial charge is 0.338 e. The Balaban J connectivity index is 1.95. The highest BCUT2D eigenvalue weighted by Gasteiger charge is 2.32. The molecule has 1 aromatic heterocycles. The second-order valence-corrected chi connectivity index (χ2v) is 7.85. The minimum absolute atomic E-state index is 0.0625. The fraction of sp³-hybridized carbons (Fsp3) is 0.136. The summed E-state index contributed by atoms with van der Waals surface area (Å²) in [5.41, 5.74) is 1.65. The molecule has 156 valence electrons. The van der Waals surface area contributed by atoms with Gasteiger partial charge in [0.25, 0.3) is 11.2 Å². The highest BCUT2D eigenvalue weighted by atomic mass is 32.1. The summed E-state index contributed by atoms with van der Waals surface area (Å²) >= 11 is 1.17. The third-order valence-corrected chi connectivity index (χ3v) is 5.90. The Morgan fingerprint density at radius 2 is 1.97 bits per heavy atom. The molecule has 3 aromatic rings. The van der Waals surface area contributed by atoms with Crippen LogP contribution in [0.15, 0.2) is 75.7 Å². The predicted molar refractivity (Wildman–Crippen MR) is 115 cm³/mol. The first-order valence-corrected chi connectivity index (χ1v) is 10.1. The molecule has 0 aliphatic carbocycles. The number of allylic oxidation sites excluding steroid dienone is 1. The van der Waals surface area contributed by atoms with E-state index in [2.05, 4.69) is 4.99 Å². The number of carbonyl (C=O) groups is 1.